The minimum atomic E-state index is -0.0709. The van der Waals surface area contributed by atoms with Crippen LogP contribution in [0.2, 0.25) is 0 Å². The highest BCUT2D eigenvalue weighted by atomic mass is 16.5. The van der Waals surface area contributed by atoms with Gasteiger partial charge >= 0.3 is 0 Å². The Bertz CT molecular complexity index is 3820. The fourth-order valence-corrected chi connectivity index (χ4v) is 20.8. The van der Waals surface area contributed by atoms with E-state index in [1.54, 1.807) is 14.0 Å². The number of ether oxygens (including phenoxy) is 2. The lowest BCUT2D eigenvalue weighted by Crippen LogP contribution is -2.57. The Kier molecular flexibility index (Phi) is 44.8. The summed E-state index contributed by atoms with van der Waals surface area (Å²) in [5.41, 5.74) is 16.1. The van der Waals surface area contributed by atoms with Gasteiger partial charge in [-0.25, -0.2) is 0 Å². The van der Waals surface area contributed by atoms with Crippen LogP contribution in [-0.4, -0.2) is 305 Å². The molecule has 17 nitrogen and oxygen atoms in total. The molecular formula is C109H178N12O5. The van der Waals surface area contributed by atoms with E-state index < -0.39 is 0 Å². The number of aliphatic hydroxyl groups is 2. The summed E-state index contributed by atoms with van der Waals surface area (Å²) in [7, 11) is 10.4. The first-order valence-electron chi connectivity index (χ1n) is 49.2. The van der Waals surface area contributed by atoms with Crippen molar-refractivity contribution in [2.45, 2.75) is 253 Å². The highest BCUT2D eigenvalue weighted by molar-refractivity contribution is 5.74. The molecule has 0 bridgehead atoms. The number of carbonyl (C=O) groups excluding carboxylic acids is 1. The molecule has 0 aromatic heterocycles. The van der Waals surface area contributed by atoms with Gasteiger partial charge in [0, 0.05) is 139 Å². The third kappa shape index (κ3) is 36.3. The minimum absolute atomic E-state index is 0.00669. The van der Waals surface area contributed by atoms with Crippen molar-refractivity contribution in [3.8, 4) is 5.75 Å². The Balaban J connectivity index is 0.000000188. The molecular weight excluding hydrogens is 1560 g/mol. The fraction of sp³-hybridized carbons (Fsp3) is 0.661. The number of nitrogens with two attached hydrogens (primary N) is 1. The molecule has 7 heterocycles. The lowest BCUT2D eigenvalue weighted by atomic mass is 9.73. The minimum Gasteiger partial charge on any atom is -0.497 e. The standard InChI is InChI=1S/C21H37N3.C20H32N2O.C19H32N2O.C17H26N2O.C17H27NO2.C15H24N2/c1-19(2)24-13-11-21(12-14-24,17-20-9-7-6-8-10-20)18-23(5)16-15-22(3)4;1-18(2)22-10-8-20(9-11-22,16-19-6-4-3-5-7-19)17-21-12-14-23-15-13-21;1-17(2)21-11-9-19(10-12-21,16-20(3)13-14-22)15-18-7-5-4-6-8-18;1-14(2)19-11-9-17(10-12-19,18-15(3)20)13-16-7-5-4-6-8-16;1-14(2)18-10-8-17(13-19,9-11-18)12-15-4-6-16(20-3)7-5-15;1-13(2)17-10-8-15(16,9-11-17)12-14-6-4-3-5-7-14/h6-10,19H,11-18H2,1-5H3;3-7,18H,8-17H2,1-2H3;4-8,17,22H,9-16H2,1-3H3;4-8,14H,9-13H2,1-3H3,(H,18,20);4-7,14,19H,8-13H2,1-3H3;3-7,13H,8-12,16H2,1-2H3. The van der Waals surface area contributed by atoms with Gasteiger partial charge in [0.1, 0.15) is 5.75 Å². The maximum atomic E-state index is 11.6. The number of hydrogen-bond acceptors (Lipinski definition) is 16. The number of hydrogen-bond donors (Lipinski definition) is 4. The Morgan fingerprint density at radius 2 is 0.675 bits per heavy atom. The first-order valence-corrected chi connectivity index (χ1v) is 49.2. The Morgan fingerprint density at radius 1 is 0.381 bits per heavy atom. The van der Waals surface area contributed by atoms with Gasteiger partial charge in [-0.05, 0) is 346 Å². The number of nitrogens with one attached hydrogen (secondary N) is 1. The lowest BCUT2D eigenvalue weighted by Gasteiger charge is -2.46. The molecule has 0 spiro atoms. The fourth-order valence-electron chi connectivity index (χ4n) is 20.8. The van der Waals surface area contributed by atoms with Gasteiger partial charge in [0.2, 0.25) is 5.91 Å². The first-order chi connectivity index (χ1) is 60.3. The van der Waals surface area contributed by atoms with E-state index in [2.05, 4.69) is 323 Å². The molecule has 6 aromatic carbocycles. The van der Waals surface area contributed by atoms with Crippen molar-refractivity contribution in [2.24, 2.45) is 27.4 Å². The van der Waals surface area contributed by atoms with Crippen LogP contribution in [0.25, 0.3) is 0 Å². The summed E-state index contributed by atoms with van der Waals surface area (Å²) >= 11 is 0. The number of likely N-dealkylation sites (tertiary alicyclic amines) is 6. The van der Waals surface area contributed by atoms with Crippen LogP contribution in [0.5, 0.6) is 5.75 Å². The molecule has 0 saturated carbocycles. The van der Waals surface area contributed by atoms with Gasteiger partial charge in [0.05, 0.1) is 26.9 Å². The summed E-state index contributed by atoms with van der Waals surface area (Å²) in [5.74, 6) is 0.973. The van der Waals surface area contributed by atoms with Crippen LogP contribution < -0.4 is 15.8 Å². The molecule has 0 radical (unpaired) electrons. The smallest absolute Gasteiger partial charge is 0.217 e. The number of piperidine rings is 6. The Hall–Kier alpha value is -5.97. The van der Waals surface area contributed by atoms with E-state index in [-0.39, 0.29) is 35.6 Å². The molecule has 7 fully saturated rings. The monoisotopic (exact) mass is 1740 g/mol. The van der Waals surface area contributed by atoms with Crippen molar-refractivity contribution in [1.29, 1.82) is 0 Å². The van der Waals surface area contributed by atoms with E-state index in [1.807, 2.05) is 18.2 Å². The molecule has 0 aliphatic carbocycles. The summed E-state index contributed by atoms with van der Waals surface area (Å²) in [5, 5.41) is 22.3. The van der Waals surface area contributed by atoms with Crippen LogP contribution in [-0.2, 0) is 48.1 Å². The Morgan fingerprint density at radius 3 is 1.00 bits per heavy atom. The number of morpholine rings is 1. The molecule has 0 unspecified atom stereocenters. The van der Waals surface area contributed by atoms with E-state index in [4.69, 9.17) is 15.2 Å². The molecule has 7 aliphatic rings. The van der Waals surface area contributed by atoms with Gasteiger partial charge in [-0.3, -0.25) is 9.69 Å². The number of aliphatic hydroxyl groups excluding tert-OH is 2. The zero-order chi connectivity index (χ0) is 91.2. The molecule has 17 heteroatoms. The normalized spacial score (nSPS) is 20.0. The van der Waals surface area contributed by atoms with E-state index in [0.717, 1.165) is 162 Å². The second-order valence-corrected chi connectivity index (χ2v) is 41.5. The van der Waals surface area contributed by atoms with E-state index in [9.17, 15) is 15.0 Å². The van der Waals surface area contributed by atoms with Crippen LogP contribution in [0, 0.1) is 21.7 Å². The third-order valence-electron chi connectivity index (χ3n) is 29.2. The second-order valence-electron chi connectivity index (χ2n) is 41.5. The number of methoxy groups -OCH3 is 1. The van der Waals surface area contributed by atoms with Crippen LogP contribution in [0.3, 0.4) is 0 Å². The summed E-state index contributed by atoms with van der Waals surface area (Å²) in [6.45, 7) is 54.1. The van der Waals surface area contributed by atoms with Gasteiger partial charge < -0.3 is 74.8 Å². The van der Waals surface area contributed by atoms with Crippen LogP contribution in [0.1, 0.15) is 200 Å². The molecule has 13 rings (SSSR count). The van der Waals surface area contributed by atoms with Gasteiger partial charge in [-0.1, -0.05) is 164 Å². The molecule has 5 N–H and O–H groups in total. The second kappa shape index (κ2) is 53.5. The van der Waals surface area contributed by atoms with Crippen LogP contribution >= 0.6 is 0 Å². The van der Waals surface area contributed by atoms with Gasteiger partial charge in [0.25, 0.3) is 0 Å². The van der Waals surface area contributed by atoms with Crippen molar-refractivity contribution < 1.29 is 24.5 Å². The average molecular weight is 1740 g/mol. The van der Waals surface area contributed by atoms with Crippen LogP contribution in [0.15, 0.2) is 176 Å². The summed E-state index contributed by atoms with van der Waals surface area (Å²) in [6, 6.07) is 66.2. The number of carbonyl (C=O) groups is 1. The number of nitrogens with zero attached hydrogens (tertiary/aromatic N) is 10. The van der Waals surface area contributed by atoms with Crippen molar-refractivity contribution in [1.82, 2.24) is 54.3 Å². The van der Waals surface area contributed by atoms with Crippen molar-refractivity contribution >= 4 is 5.91 Å². The van der Waals surface area contributed by atoms with Crippen LogP contribution in [0.4, 0.5) is 0 Å². The van der Waals surface area contributed by atoms with Crippen molar-refractivity contribution in [2.75, 3.05) is 193 Å². The molecule has 0 atom stereocenters. The molecule has 704 valence electrons. The number of amides is 1. The lowest BCUT2D eigenvalue weighted by molar-refractivity contribution is -0.121. The number of likely N-dealkylation sites (N-methyl/N-ethyl adjacent to an activating group) is 3. The van der Waals surface area contributed by atoms with E-state index >= 15 is 0 Å². The largest absolute Gasteiger partial charge is 0.497 e. The molecule has 7 saturated heterocycles. The summed E-state index contributed by atoms with van der Waals surface area (Å²) < 4.78 is 10.7. The first kappa shape index (κ1) is 105. The van der Waals surface area contributed by atoms with Crippen molar-refractivity contribution in [3.05, 3.63) is 209 Å². The molecule has 7 aliphatic heterocycles. The predicted octanol–water partition coefficient (Wildman–Crippen LogP) is 16.7. The zero-order valence-corrected chi connectivity index (χ0v) is 82.6. The van der Waals surface area contributed by atoms with E-state index in [1.165, 1.54) is 137 Å². The maximum absolute atomic E-state index is 11.6. The number of benzene rings is 6. The SMILES string of the molecule is CC(=O)NC1(Cc2ccccc2)CCN(C(C)C)CC1.CC(C)N1CCC(Cc2ccccc2)(CN(C)CCN(C)C)CC1.CC(C)N1CCC(Cc2ccccc2)(CN(C)CCO)CC1.CC(C)N1CCC(Cc2ccccc2)(CN2CCOCC2)CC1.CC(C)N1CCC(N)(Cc2ccccc2)CC1.COc1ccc(CC2(CO)CCN(C(C)C)CC2)cc1. The third-order valence-corrected chi connectivity index (χ3v) is 29.2. The number of rotatable bonds is 32. The highest BCUT2D eigenvalue weighted by Gasteiger charge is 2.42. The quantitative estimate of drug-likeness (QED) is 0.0317. The van der Waals surface area contributed by atoms with E-state index in [0.29, 0.717) is 52.5 Å². The summed E-state index contributed by atoms with van der Waals surface area (Å²) in [4.78, 5) is 36.8. The predicted molar refractivity (Wildman–Crippen MR) is 531 cm³/mol. The Labute approximate surface area is 768 Å². The van der Waals surface area contributed by atoms with Crippen molar-refractivity contribution in [3.63, 3.8) is 0 Å². The van der Waals surface area contributed by atoms with Gasteiger partial charge in [0.15, 0.2) is 0 Å². The highest BCUT2D eigenvalue weighted by Crippen LogP contribution is 2.42. The maximum Gasteiger partial charge on any atom is 0.217 e. The zero-order valence-electron chi connectivity index (χ0n) is 82.6. The molecule has 6 aromatic rings. The van der Waals surface area contributed by atoms with Gasteiger partial charge in [-0.15, -0.1) is 0 Å². The summed E-state index contributed by atoms with van der Waals surface area (Å²) in [6.07, 6.45) is 20.7. The topological polar surface area (TPSA) is 146 Å². The van der Waals surface area contributed by atoms with Gasteiger partial charge in [-0.2, -0.15) is 0 Å². The molecule has 1 amide bonds. The average Bonchev–Trinajstić information content (AvgIpc) is 0.824. The molecule has 126 heavy (non-hydrogen) atoms.